The van der Waals surface area contributed by atoms with E-state index in [0.717, 1.165) is 44.1 Å². The molecule has 13 rings (SSSR count). The molecule has 2 heteroatoms. The smallest absolute Gasteiger partial charge is 0.0780 e. The summed E-state index contributed by atoms with van der Waals surface area (Å²) in [5.74, 6) is 0. The van der Waals surface area contributed by atoms with Gasteiger partial charge in [-0.1, -0.05) is 158 Å². The highest BCUT2D eigenvalue weighted by molar-refractivity contribution is 6.41. The highest BCUT2D eigenvalue weighted by Gasteiger charge is 2.26. The van der Waals surface area contributed by atoms with Crippen molar-refractivity contribution < 1.29 is 0 Å². The number of nitrogens with zero attached hydrogens (tertiary/aromatic N) is 2. The fourth-order valence-electron chi connectivity index (χ4n) is 10.8. The highest BCUT2D eigenvalue weighted by atomic mass is 14.7. The van der Waals surface area contributed by atoms with Crippen LogP contribution in [0, 0.1) is 13.8 Å². The minimum Gasteiger partial charge on any atom is -0.256 e. The van der Waals surface area contributed by atoms with Crippen LogP contribution in [0.1, 0.15) is 11.1 Å². The molecule has 11 aromatic carbocycles. The summed E-state index contributed by atoms with van der Waals surface area (Å²) in [6, 6.07) is 67.5. The van der Waals surface area contributed by atoms with Crippen molar-refractivity contribution in [3.05, 3.63) is 206 Å². The standard InChI is InChI=1S/C60H38N2/c1-35-31-41-24-26-42-36(2)23-25-47-56(42)55(41)52(32-35)58-54(38-15-7-4-8-16-38)51-34-49-44(46-22-10-18-40-20-12-30-62-60(40)46)28-27-43(45-21-9-17-39-19-11-29-61-59(39)45)48(49)33-50(51)53(57(47)58)37-13-5-3-6-14-37/h3-34H,1-2H3. The maximum atomic E-state index is 4.99. The number of benzene rings is 11. The van der Waals surface area contributed by atoms with Gasteiger partial charge in [-0.2, -0.15) is 0 Å². The number of pyridine rings is 2. The monoisotopic (exact) mass is 786 g/mol. The van der Waals surface area contributed by atoms with Gasteiger partial charge in [-0.05, 0) is 147 Å². The molecule has 0 bridgehead atoms. The van der Waals surface area contributed by atoms with Crippen molar-refractivity contribution in [1.82, 2.24) is 9.97 Å². The highest BCUT2D eigenvalue weighted by Crippen LogP contribution is 2.53. The molecule has 0 amide bonds. The summed E-state index contributed by atoms with van der Waals surface area (Å²) >= 11 is 0. The lowest BCUT2D eigenvalue weighted by atomic mass is 9.78. The van der Waals surface area contributed by atoms with Crippen molar-refractivity contribution >= 4 is 86.4 Å². The van der Waals surface area contributed by atoms with Crippen LogP contribution in [0.2, 0.25) is 0 Å². The summed E-state index contributed by atoms with van der Waals surface area (Å²) in [6.45, 7) is 4.50. The Bertz CT molecular complexity index is 3970. The van der Waals surface area contributed by atoms with E-state index in [2.05, 4.69) is 184 Å². The summed E-state index contributed by atoms with van der Waals surface area (Å²) in [5.41, 5.74) is 14.0. The van der Waals surface area contributed by atoms with Gasteiger partial charge in [0.2, 0.25) is 0 Å². The van der Waals surface area contributed by atoms with Crippen LogP contribution < -0.4 is 0 Å². The van der Waals surface area contributed by atoms with Gasteiger partial charge in [0.25, 0.3) is 0 Å². The first-order valence-electron chi connectivity index (χ1n) is 21.5. The third kappa shape index (κ3) is 4.98. The van der Waals surface area contributed by atoms with Crippen molar-refractivity contribution in [1.29, 1.82) is 0 Å². The lowest BCUT2D eigenvalue weighted by molar-refractivity contribution is 1.41. The third-order valence-corrected chi connectivity index (χ3v) is 13.4. The lowest BCUT2D eigenvalue weighted by Crippen LogP contribution is -1.97. The molecule has 2 heterocycles. The van der Waals surface area contributed by atoms with Crippen molar-refractivity contribution in [2.45, 2.75) is 13.8 Å². The van der Waals surface area contributed by atoms with E-state index in [4.69, 9.17) is 9.97 Å². The van der Waals surface area contributed by atoms with Crippen molar-refractivity contribution in [2.24, 2.45) is 0 Å². The predicted octanol–water partition coefficient (Wildman–Crippen LogP) is 16.4. The van der Waals surface area contributed by atoms with Crippen molar-refractivity contribution in [3.63, 3.8) is 0 Å². The van der Waals surface area contributed by atoms with Gasteiger partial charge in [0, 0.05) is 34.3 Å². The summed E-state index contributed by atoms with van der Waals surface area (Å²) in [6.07, 6.45) is 3.82. The second-order valence-electron chi connectivity index (χ2n) is 16.9. The first-order valence-corrected chi connectivity index (χ1v) is 21.5. The molecule has 0 unspecified atom stereocenters. The predicted molar refractivity (Wildman–Crippen MR) is 264 cm³/mol. The number of fused-ring (bicyclic) bond motifs is 7. The zero-order valence-electron chi connectivity index (χ0n) is 34.4. The normalized spacial score (nSPS) is 12.0. The summed E-state index contributed by atoms with van der Waals surface area (Å²) in [7, 11) is 0. The van der Waals surface area contributed by atoms with Gasteiger partial charge in [-0.25, -0.2) is 0 Å². The average molecular weight is 787 g/mol. The summed E-state index contributed by atoms with van der Waals surface area (Å²) in [4.78, 5) is 9.98. The van der Waals surface area contributed by atoms with E-state index in [1.807, 2.05) is 24.5 Å². The Morgan fingerprint density at radius 3 is 1.42 bits per heavy atom. The Hall–Kier alpha value is -7.94. The maximum Gasteiger partial charge on any atom is 0.0780 e. The van der Waals surface area contributed by atoms with Gasteiger partial charge in [-0.3, -0.25) is 9.97 Å². The quantitative estimate of drug-likeness (QED) is 0.131. The molecule has 288 valence electrons. The first kappa shape index (κ1) is 34.9. The number of hydrogen-bond donors (Lipinski definition) is 0. The van der Waals surface area contributed by atoms with Crippen LogP contribution in [-0.4, -0.2) is 9.97 Å². The van der Waals surface area contributed by atoms with Crippen LogP contribution in [0.5, 0.6) is 0 Å². The first-order chi connectivity index (χ1) is 30.6. The van der Waals surface area contributed by atoms with E-state index in [1.165, 1.54) is 98.0 Å². The van der Waals surface area contributed by atoms with E-state index in [0.29, 0.717) is 0 Å². The molecule has 0 saturated heterocycles. The third-order valence-electron chi connectivity index (χ3n) is 13.4. The molecule has 2 aromatic heterocycles. The number of hydrogen-bond acceptors (Lipinski definition) is 2. The minimum atomic E-state index is 0.997. The maximum absolute atomic E-state index is 4.99. The molecule has 0 saturated carbocycles. The van der Waals surface area contributed by atoms with Gasteiger partial charge in [0.15, 0.2) is 0 Å². The van der Waals surface area contributed by atoms with E-state index in [9.17, 15) is 0 Å². The molecule has 0 radical (unpaired) electrons. The number of aryl methyl sites for hydroxylation is 2. The van der Waals surface area contributed by atoms with Crippen LogP contribution in [-0.2, 0) is 0 Å². The minimum absolute atomic E-state index is 0.997. The molecular weight excluding hydrogens is 749 g/mol. The van der Waals surface area contributed by atoms with Gasteiger partial charge >= 0.3 is 0 Å². The second-order valence-corrected chi connectivity index (χ2v) is 16.9. The molecule has 0 aliphatic carbocycles. The molecule has 0 aliphatic rings. The molecule has 2 nitrogen and oxygen atoms in total. The average Bonchev–Trinajstić information content (AvgIpc) is 3.32. The zero-order chi connectivity index (χ0) is 41.1. The zero-order valence-corrected chi connectivity index (χ0v) is 34.4. The van der Waals surface area contributed by atoms with Crippen molar-refractivity contribution in [3.8, 4) is 44.5 Å². The van der Waals surface area contributed by atoms with E-state index < -0.39 is 0 Å². The Morgan fingerprint density at radius 2 is 0.839 bits per heavy atom. The number of rotatable bonds is 4. The Balaban J connectivity index is 1.33. The van der Waals surface area contributed by atoms with Crippen molar-refractivity contribution in [2.75, 3.05) is 0 Å². The van der Waals surface area contributed by atoms with Crippen LogP contribution in [0.4, 0.5) is 0 Å². The molecule has 0 spiro atoms. The largest absolute Gasteiger partial charge is 0.256 e. The molecule has 13 aromatic rings. The molecule has 0 N–H and O–H groups in total. The fourth-order valence-corrected chi connectivity index (χ4v) is 10.8. The van der Waals surface area contributed by atoms with Crippen LogP contribution in [0.15, 0.2) is 194 Å². The van der Waals surface area contributed by atoms with Crippen LogP contribution >= 0.6 is 0 Å². The fraction of sp³-hybridized carbons (Fsp3) is 0.0333. The molecule has 62 heavy (non-hydrogen) atoms. The SMILES string of the molecule is Cc1cc2ccc3c(C)ccc4c5c(-c6ccccc6)c6cc7c(-c8cccc9cccnc89)ccc(-c8cccc9cccnc89)c7cc6c(-c6ccccc6)c5c(c1)c2c34. The van der Waals surface area contributed by atoms with E-state index in [1.54, 1.807) is 0 Å². The summed E-state index contributed by atoms with van der Waals surface area (Å²) < 4.78 is 0. The molecule has 0 aliphatic heterocycles. The lowest BCUT2D eigenvalue weighted by Gasteiger charge is -2.24. The van der Waals surface area contributed by atoms with Gasteiger partial charge in [0.05, 0.1) is 11.0 Å². The van der Waals surface area contributed by atoms with Crippen LogP contribution in [0.3, 0.4) is 0 Å². The topological polar surface area (TPSA) is 25.8 Å². The number of aromatic nitrogens is 2. The van der Waals surface area contributed by atoms with Gasteiger partial charge < -0.3 is 0 Å². The number of para-hydroxylation sites is 2. The molecular formula is C60H38N2. The van der Waals surface area contributed by atoms with Crippen LogP contribution in [0.25, 0.3) is 131 Å². The second kappa shape index (κ2) is 13.3. The Morgan fingerprint density at radius 1 is 0.306 bits per heavy atom. The summed E-state index contributed by atoms with van der Waals surface area (Å²) in [5, 5.41) is 17.5. The molecule has 0 fully saturated rings. The van der Waals surface area contributed by atoms with Gasteiger partial charge in [-0.15, -0.1) is 0 Å². The van der Waals surface area contributed by atoms with E-state index in [-0.39, 0.29) is 0 Å². The van der Waals surface area contributed by atoms with E-state index >= 15 is 0 Å². The van der Waals surface area contributed by atoms with Gasteiger partial charge in [0.1, 0.15) is 0 Å². The molecule has 0 atom stereocenters. The Labute approximate surface area is 358 Å². The Kier molecular flexibility index (Phi) is 7.47.